The Labute approximate surface area is 118 Å². The van der Waals surface area contributed by atoms with E-state index in [0.717, 1.165) is 6.07 Å². The Morgan fingerprint density at radius 2 is 1.90 bits per heavy atom. The maximum absolute atomic E-state index is 11.9. The number of aliphatic hydroxyl groups excluding tert-OH is 1. The number of rotatable bonds is 2. The van der Waals surface area contributed by atoms with Crippen molar-refractivity contribution in [1.82, 2.24) is 9.97 Å². The molecular formula is C14H11N3O4. The van der Waals surface area contributed by atoms with Gasteiger partial charge in [-0.3, -0.25) is 14.6 Å². The summed E-state index contributed by atoms with van der Waals surface area (Å²) >= 11 is 0. The van der Waals surface area contributed by atoms with Crippen molar-refractivity contribution < 1.29 is 9.90 Å². The van der Waals surface area contributed by atoms with E-state index in [0.29, 0.717) is 11.3 Å². The van der Waals surface area contributed by atoms with Crippen LogP contribution in [0.2, 0.25) is 0 Å². The first-order chi connectivity index (χ1) is 10.1. The van der Waals surface area contributed by atoms with E-state index < -0.39 is 17.2 Å². The van der Waals surface area contributed by atoms with Gasteiger partial charge in [-0.15, -0.1) is 0 Å². The lowest BCUT2D eigenvalue weighted by molar-refractivity contribution is 0.102. The van der Waals surface area contributed by atoms with Crippen LogP contribution < -0.4 is 16.6 Å². The minimum atomic E-state index is -0.748. The van der Waals surface area contributed by atoms with E-state index in [-0.39, 0.29) is 12.3 Å². The van der Waals surface area contributed by atoms with Crippen molar-refractivity contribution in [1.29, 1.82) is 0 Å². The van der Waals surface area contributed by atoms with Crippen molar-refractivity contribution >= 4 is 11.6 Å². The van der Waals surface area contributed by atoms with Gasteiger partial charge in [-0.25, -0.2) is 4.79 Å². The molecule has 7 nitrogen and oxygen atoms in total. The van der Waals surface area contributed by atoms with Gasteiger partial charge in [-0.2, -0.15) is 0 Å². The van der Waals surface area contributed by atoms with E-state index in [2.05, 4.69) is 22.1 Å². The number of amides is 1. The first-order valence-corrected chi connectivity index (χ1v) is 5.93. The molecule has 0 aliphatic carbocycles. The monoisotopic (exact) mass is 285 g/mol. The fourth-order valence-corrected chi connectivity index (χ4v) is 1.57. The molecule has 1 amide bonds. The number of aliphatic hydroxyl groups is 1. The minimum Gasteiger partial charge on any atom is -0.384 e. The molecule has 0 bridgehead atoms. The predicted molar refractivity (Wildman–Crippen MR) is 76.0 cm³/mol. The van der Waals surface area contributed by atoms with E-state index in [1.165, 1.54) is 0 Å². The molecule has 1 aromatic carbocycles. The molecule has 7 heteroatoms. The molecule has 0 aliphatic heterocycles. The van der Waals surface area contributed by atoms with Gasteiger partial charge >= 0.3 is 5.69 Å². The van der Waals surface area contributed by atoms with Crippen LogP contribution in [-0.4, -0.2) is 27.6 Å². The van der Waals surface area contributed by atoms with Crippen LogP contribution in [0.15, 0.2) is 39.9 Å². The van der Waals surface area contributed by atoms with E-state index >= 15 is 0 Å². The first kappa shape index (κ1) is 14.3. The van der Waals surface area contributed by atoms with Crippen LogP contribution in [-0.2, 0) is 0 Å². The van der Waals surface area contributed by atoms with E-state index in [1.54, 1.807) is 24.3 Å². The highest BCUT2D eigenvalue weighted by Crippen LogP contribution is 2.09. The van der Waals surface area contributed by atoms with Gasteiger partial charge in [0.2, 0.25) is 0 Å². The molecular weight excluding hydrogens is 274 g/mol. The van der Waals surface area contributed by atoms with Crippen molar-refractivity contribution in [3.8, 4) is 11.8 Å². The van der Waals surface area contributed by atoms with Crippen molar-refractivity contribution in [2.24, 2.45) is 0 Å². The number of benzene rings is 1. The van der Waals surface area contributed by atoms with Gasteiger partial charge in [0.05, 0.1) is 0 Å². The molecule has 0 aliphatic rings. The Morgan fingerprint density at radius 1 is 1.19 bits per heavy atom. The molecule has 2 aromatic rings. The lowest BCUT2D eigenvalue weighted by Gasteiger charge is -2.04. The molecule has 106 valence electrons. The van der Waals surface area contributed by atoms with Crippen LogP contribution in [0.3, 0.4) is 0 Å². The number of carbonyl (C=O) groups is 1. The van der Waals surface area contributed by atoms with Gasteiger partial charge in [0.25, 0.3) is 11.5 Å². The van der Waals surface area contributed by atoms with Crippen LogP contribution in [0.4, 0.5) is 5.69 Å². The third-order valence-corrected chi connectivity index (χ3v) is 2.46. The summed E-state index contributed by atoms with van der Waals surface area (Å²) in [5, 5.41) is 11.1. The zero-order valence-electron chi connectivity index (χ0n) is 10.8. The van der Waals surface area contributed by atoms with E-state index in [9.17, 15) is 14.4 Å². The largest absolute Gasteiger partial charge is 0.384 e. The molecule has 0 fully saturated rings. The number of aromatic amines is 2. The Bertz CT molecular complexity index is 794. The van der Waals surface area contributed by atoms with Gasteiger partial charge in [-0.05, 0) is 24.3 Å². The SMILES string of the molecule is O=C(Nc1ccc(C#CCO)cc1)c1cc(=O)[nH]c(=O)[nH]1. The summed E-state index contributed by atoms with van der Waals surface area (Å²) in [4.78, 5) is 38.3. The molecule has 1 heterocycles. The molecule has 0 saturated carbocycles. The first-order valence-electron chi connectivity index (χ1n) is 5.93. The summed E-state index contributed by atoms with van der Waals surface area (Å²) in [7, 11) is 0. The number of carbonyl (C=O) groups excluding carboxylic acids is 1. The summed E-state index contributed by atoms with van der Waals surface area (Å²) < 4.78 is 0. The van der Waals surface area contributed by atoms with Crippen molar-refractivity contribution in [2.75, 3.05) is 11.9 Å². The number of hydrogen-bond acceptors (Lipinski definition) is 4. The molecule has 2 rings (SSSR count). The van der Waals surface area contributed by atoms with Gasteiger partial charge in [0.1, 0.15) is 12.3 Å². The number of H-pyrrole nitrogens is 2. The highest BCUT2D eigenvalue weighted by atomic mass is 16.2. The number of nitrogens with one attached hydrogen (secondary N) is 3. The van der Waals surface area contributed by atoms with Gasteiger partial charge in [-0.1, -0.05) is 11.8 Å². The molecule has 21 heavy (non-hydrogen) atoms. The maximum Gasteiger partial charge on any atom is 0.326 e. The number of aromatic nitrogens is 2. The second-order valence-corrected chi connectivity index (χ2v) is 3.99. The average molecular weight is 285 g/mol. The van der Waals surface area contributed by atoms with Crippen molar-refractivity contribution in [3.05, 3.63) is 62.4 Å². The molecule has 0 saturated heterocycles. The fraction of sp³-hybridized carbons (Fsp3) is 0.0714. The van der Waals surface area contributed by atoms with Gasteiger partial charge in [0.15, 0.2) is 0 Å². The number of anilines is 1. The zero-order chi connectivity index (χ0) is 15.2. The predicted octanol–water partition coefficient (Wildman–Crippen LogP) is -0.341. The second kappa shape index (κ2) is 6.36. The third-order valence-electron chi connectivity index (χ3n) is 2.46. The van der Waals surface area contributed by atoms with Gasteiger partial charge in [0, 0.05) is 17.3 Å². The second-order valence-electron chi connectivity index (χ2n) is 3.99. The van der Waals surface area contributed by atoms with Crippen LogP contribution in [0.1, 0.15) is 16.1 Å². The standard InChI is InChI=1S/C14H11N3O4/c18-7-1-2-9-3-5-10(6-4-9)15-13(20)11-8-12(19)17-14(21)16-11/h3-6,8,18H,7H2,(H,15,20)(H2,16,17,19,21). The Balaban J connectivity index is 2.16. The van der Waals surface area contributed by atoms with E-state index in [4.69, 9.17) is 5.11 Å². The smallest absolute Gasteiger partial charge is 0.326 e. The van der Waals surface area contributed by atoms with Crippen molar-refractivity contribution in [2.45, 2.75) is 0 Å². The summed E-state index contributed by atoms with van der Waals surface area (Å²) in [6.45, 7) is -0.228. The van der Waals surface area contributed by atoms with Crippen molar-refractivity contribution in [3.63, 3.8) is 0 Å². The molecule has 0 atom stereocenters. The highest BCUT2D eigenvalue weighted by Gasteiger charge is 2.08. The number of hydrogen-bond donors (Lipinski definition) is 4. The Hall–Kier alpha value is -3.11. The normalized spacial score (nSPS) is 9.57. The fourth-order valence-electron chi connectivity index (χ4n) is 1.57. The Morgan fingerprint density at radius 3 is 2.52 bits per heavy atom. The lowest BCUT2D eigenvalue weighted by Crippen LogP contribution is -2.27. The molecule has 4 N–H and O–H groups in total. The van der Waals surface area contributed by atoms with E-state index in [1.807, 2.05) is 4.98 Å². The maximum atomic E-state index is 11.9. The summed E-state index contributed by atoms with van der Waals surface area (Å²) in [6.07, 6.45) is 0. The topological polar surface area (TPSA) is 115 Å². The van der Waals surface area contributed by atoms with Gasteiger partial charge < -0.3 is 15.4 Å². The summed E-state index contributed by atoms with van der Waals surface area (Å²) in [5.41, 5.74) is -0.365. The average Bonchev–Trinajstić information content (AvgIpc) is 2.45. The minimum absolute atomic E-state index is 0.132. The molecule has 0 spiro atoms. The lowest BCUT2D eigenvalue weighted by atomic mass is 10.2. The Kier molecular flexibility index (Phi) is 4.33. The summed E-state index contributed by atoms with van der Waals surface area (Å²) in [5.74, 6) is 4.61. The highest BCUT2D eigenvalue weighted by molar-refractivity contribution is 6.02. The zero-order valence-corrected chi connectivity index (χ0v) is 10.8. The van der Waals surface area contributed by atoms with Crippen LogP contribution >= 0.6 is 0 Å². The van der Waals surface area contributed by atoms with Crippen LogP contribution in [0.25, 0.3) is 0 Å². The molecule has 1 aromatic heterocycles. The quantitative estimate of drug-likeness (QED) is 0.565. The molecule has 0 unspecified atom stereocenters. The van der Waals surface area contributed by atoms with Crippen LogP contribution in [0.5, 0.6) is 0 Å². The molecule has 0 radical (unpaired) electrons. The third kappa shape index (κ3) is 3.92. The van der Waals surface area contributed by atoms with Crippen LogP contribution in [0, 0.1) is 11.8 Å². The summed E-state index contributed by atoms with van der Waals surface area (Å²) in [6, 6.07) is 7.56.